The predicted octanol–water partition coefficient (Wildman–Crippen LogP) is 4.35. The van der Waals surface area contributed by atoms with Crippen LogP contribution in [0.3, 0.4) is 0 Å². The summed E-state index contributed by atoms with van der Waals surface area (Å²) < 4.78 is 1.08. The Morgan fingerprint density at radius 2 is 2.00 bits per heavy atom. The second kappa shape index (κ2) is 6.60. The van der Waals surface area contributed by atoms with E-state index in [1.807, 2.05) is 31.2 Å². The third kappa shape index (κ3) is 3.23. The number of fused-ring (bicyclic) bond motifs is 1. The van der Waals surface area contributed by atoms with Gasteiger partial charge in [0.15, 0.2) is 0 Å². The molecule has 1 amide bonds. The van der Waals surface area contributed by atoms with E-state index < -0.39 is 4.92 Å². The zero-order valence-corrected chi connectivity index (χ0v) is 14.9. The zero-order chi connectivity index (χ0) is 18.1. The molecule has 6 nitrogen and oxygen atoms in total. The lowest BCUT2D eigenvalue weighted by atomic mass is 10.1. The molecule has 0 spiro atoms. The Labute approximate surface area is 148 Å². The maximum Gasteiger partial charge on any atom is 0.272 e. The van der Waals surface area contributed by atoms with Gasteiger partial charge in [0.25, 0.3) is 11.6 Å². The normalized spacial score (nSPS) is 12.1. The second-order valence-corrected chi connectivity index (χ2v) is 6.93. The molecule has 0 aliphatic carbocycles. The molecule has 0 aliphatic rings. The summed E-state index contributed by atoms with van der Waals surface area (Å²) in [6, 6.07) is 12.1. The SMILES string of the molecule is Cc1cc(C(=O)N(C)C(C)c2nc3ccccc3s2)ccc1[N+](=O)[O-]. The van der Waals surface area contributed by atoms with Crippen molar-refractivity contribution in [3.63, 3.8) is 0 Å². The van der Waals surface area contributed by atoms with Crippen LogP contribution in [-0.2, 0) is 0 Å². The van der Waals surface area contributed by atoms with E-state index in [1.54, 1.807) is 36.3 Å². The average molecular weight is 355 g/mol. The van der Waals surface area contributed by atoms with Crippen molar-refractivity contribution in [3.8, 4) is 0 Å². The van der Waals surface area contributed by atoms with Gasteiger partial charge in [-0.05, 0) is 38.1 Å². The standard InChI is InChI=1S/C18H17N3O3S/c1-11-10-13(8-9-15(11)21(23)24)18(22)20(3)12(2)17-19-14-6-4-5-7-16(14)25-17/h4-10,12H,1-3H3. The lowest BCUT2D eigenvalue weighted by Gasteiger charge is -2.23. The van der Waals surface area contributed by atoms with Gasteiger partial charge in [0.05, 0.1) is 21.2 Å². The lowest BCUT2D eigenvalue weighted by Crippen LogP contribution is -2.29. The molecule has 25 heavy (non-hydrogen) atoms. The van der Waals surface area contributed by atoms with Crippen LogP contribution in [0.4, 0.5) is 5.69 Å². The number of nitro groups is 1. The van der Waals surface area contributed by atoms with Crippen molar-refractivity contribution in [1.82, 2.24) is 9.88 Å². The van der Waals surface area contributed by atoms with Gasteiger partial charge < -0.3 is 4.90 Å². The lowest BCUT2D eigenvalue weighted by molar-refractivity contribution is -0.385. The molecule has 0 fully saturated rings. The van der Waals surface area contributed by atoms with E-state index >= 15 is 0 Å². The number of nitrogens with zero attached hydrogens (tertiary/aromatic N) is 3. The number of carbonyl (C=O) groups excluding carboxylic acids is 1. The van der Waals surface area contributed by atoms with Crippen LogP contribution in [0.15, 0.2) is 42.5 Å². The summed E-state index contributed by atoms with van der Waals surface area (Å²) in [4.78, 5) is 29.4. The van der Waals surface area contributed by atoms with E-state index in [1.165, 1.54) is 12.1 Å². The fourth-order valence-electron chi connectivity index (χ4n) is 2.61. The Morgan fingerprint density at radius 1 is 1.28 bits per heavy atom. The van der Waals surface area contributed by atoms with Crippen LogP contribution in [-0.4, -0.2) is 27.8 Å². The van der Waals surface area contributed by atoms with Crippen LogP contribution in [0.25, 0.3) is 10.2 Å². The molecule has 0 saturated carbocycles. The first-order chi connectivity index (χ1) is 11.9. The molecular formula is C18H17N3O3S. The maximum absolute atomic E-state index is 12.7. The molecule has 1 unspecified atom stereocenters. The largest absolute Gasteiger partial charge is 0.333 e. The van der Waals surface area contributed by atoms with Gasteiger partial charge in [0.1, 0.15) is 5.01 Å². The summed E-state index contributed by atoms with van der Waals surface area (Å²) in [7, 11) is 1.72. The van der Waals surface area contributed by atoms with Crippen LogP contribution in [0.5, 0.6) is 0 Å². The zero-order valence-electron chi connectivity index (χ0n) is 14.1. The molecule has 1 heterocycles. The number of amides is 1. The van der Waals surface area contributed by atoms with Crippen LogP contribution in [0, 0.1) is 17.0 Å². The molecule has 0 aliphatic heterocycles. The topological polar surface area (TPSA) is 76.3 Å². The van der Waals surface area contributed by atoms with Gasteiger partial charge in [-0.25, -0.2) is 4.98 Å². The number of carbonyl (C=O) groups is 1. The van der Waals surface area contributed by atoms with Gasteiger partial charge in [-0.3, -0.25) is 14.9 Å². The third-order valence-electron chi connectivity index (χ3n) is 4.21. The first-order valence-corrected chi connectivity index (χ1v) is 8.58. The van der Waals surface area contributed by atoms with E-state index in [-0.39, 0.29) is 17.6 Å². The Balaban J connectivity index is 1.86. The quantitative estimate of drug-likeness (QED) is 0.515. The minimum absolute atomic E-state index is 0.0124. The predicted molar refractivity (Wildman–Crippen MR) is 98.0 cm³/mol. The van der Waals surface area contributed by atoms with Gasteiger partial charge >= 0.3 is 0 Å². The molecule has 0 bridgehead atoms. The molecule has 128 valence electrons. The van der Waals surface area contributed by atoms with Crippen molar-refractivity contribution >= 4 is 33.1 Å². The van der Waals surface area contributed by atoms with E-state index in [9.17, 15) is 14.9 Å². The average Bonchev–Trinajstić information content (AvgIpc) is 3.03. The second-order valence-electron chi connectivity index (χ2n) is 5.87. The van der Waals surface area contributed by atoms with Gasteiger partial charge in [0.2, 0.25) is 0 Å². The van der Waals surface area contributed by atoms with Gasteiger partial charge in [-0.1, -0.05) is 12.1 Å². The fourth-order valence-corrected chi connectivity index (χ4v) is 3.67. The van der Waals surface area contributed by atoms with Crippen molar-refractivity contribution in [2.45, 2.75) is 19.9 Å². The molecular weight excluding hydrogens is 338 g/mol. The summed E-state index contributed by atoms with van der Waals surface area (Å²) >= 11 is 1.56. The molecule has 3 rings (SSSR count). The minimum atomic E-state index is -0.447. The van der Waals surface area contributed by atoms with Gasteiger partial charge in [-0.15, -0.1) is 11.3 Å². The molecule has 2 aromatic carbocycles. The fraction of sp³-hybridized carbons (Fsp3) is 0.222. The third-order valence-corrected chi connectivity index (χ3v) is 5.42. The number of nitro benzene ring substituents is 1. The Kier molecular flexibility index (Phi) is 4.50. The number of thiazole rings is 1. The first kappa shape index (κ1) is 17.0. The van der Waals surface area contributed by atoms with E-state index in [0.717, 1.165) is 15.2 Å². The van der Waals surface area contributed by atoms with E-state index in [0.29, 0.717) is 11.1 Å². The number of benzene rings is 2. The number of aromatic nitrogens is 1. The number of para-hydroxylation sites is 1. The minimum Gasteiger partial charge on any atom is -0.333 e. The monoisotopic (exact) mass is 355 g/mol. The summed E-state index contributed by atoms with van der Waals surface area (Å²) in [5, 5.41) is 11.8. The van der Waals surface area contributed by atoms with Crippen LogP contribution >= 0.6 is 11.3 Å². The van der Waals surface area contributed by atoms with Crippen LogP contribution in [0.1, 0.15) is 33.9 Å². The molecule has 1 atom stereocenters. The van der Waals surface area contributed by atoms with Crippen LogP contribution in [0.2, 0.25) is 0 Å². The first-order valence-electron chi connectivity index (χ1n) is 7.76. The highest BCUT2D eigenvalue weighted by molar-refractivity contribution is 7.18. The summed E-state index contributed by atoms with van der Waals surface area (Å²) in [6.45, 7) is 3.56. The van der Waals surface area contributed by atoms with E-state index in [2.05, 4.69) is 4.98 Å². The number of rotatable bonds is 4. The highest BCUT2D eigenvalue weighted by atomic mass is 32.1. The maximum atomic E-state index is 12.7. The van der Waals surface area contributed by atoms with E-state index in [4.69, 9.17) is 0 Å². The molecule has 0 radical (unpaired) electrons. The van der Waals surface area contributed by atoms with Gasteiger partial charge in [0, 0.05) is 24.2 Å². The molecule has 3 aromatic rings. The van der Waals surface area contributed by atoms with Crippen molar-refractivity contribution in [2.24, 2.45) is 0 Å². The van der Waals surface area contributed by atoms with Crippen molar-refractivity contribution < 1.29 is 9.72 Å². The number of hydrogen-bond acceptors (Lipinski definition) is 5. The van der Waals surface area contributed by atoms with Crippen molar-refractivity contribution in [2.75, 3.05) is 7.05 Å². The van der Waals surface area contributed by atoms with Gasteiger partial charge in [-0.2, -0.15) is 0 Å². The molecule has 0 saturated heterocycles. The summed E-state index contributed by atoms with van der Waals surface area (Å²) in [5.41, 5.74) is 1.83. The summed E-state index contributed by atoms with van der Waals surface area (Å²) in [6.07, 6.45) is 0. The smallest absolute Gasteiger partial charge is 0.272 e. The Bertz CT molecular complexity index is 934. The Hall–Kier alpha value is -2.80. The molecule has 0 N–H and O–H groups in total. The highest BCUT2D eigenvalue weighted by Crippen LogP contribution is 2.30. The van der Waals surface area contributed by atoms with Crippen LogP contribution < -0.4 is 0 Å². The summed E-state index contributed by atoms with van der Waals surface area (Å²) in [5.74, 6) is -0.190. The Morgan fingerprint density at radius 3 is 2.64 bits per heavy atom. The number of hydrogen-bond donors (Lipinski definition) is 0. The van der Waals surface area contributed by atoms with Crippen molar-refractivity contribution in [1.29, 1.82) is 0 Å². The van der Waals surface area contributed by atoms with Crippen molar-refractivity contribution in [3.05, 3.63) is 68.7 Å². The number of aryl methyl sites for hydroxylation is 1. The molecule has 7 heteroatoms. The highest BCUT2D eigenvalue weighted by Gasteiger charge is 2.23. The molecule has 1 aromatic heterocycles.